The molecule has 0 spiro atoms. The Bertz CT molecular complexity index is 1610. The molecule has 3 nitrogen and oxygen atoms in total. The number of ketones is 2. The second kappa shape index (κ2) is 7.92. The maximum atomic E-state index is 13.1. The summed E-state index contributed by atoms with van der Waals surface area (Å²) in [6, 6.07) is 28.0. The van der Waals surface area contributed by atoms with Crippen LogP contribution in [0.1, 0.15) is 56.8 Å². The van der Waals surface area contributed by atoms with Crippen molar-refractivity contribution in [1.82, 2.24) is 0 Å². The fraction of sp³-hybridized carbons (Fsp3) is 0.125. The molecule has 4 heteroatoms. The number of carbonyl (C=O) groups is 2. The standard InChI is InChI=1S/C32H24BNO2/c1-19-9-13-28-26(15-19)32(2,3)27-17-20(10-14-29(27)34(28)22-7-5-4-6-8-22)16-25-30(35)23-12-11-21(33)18-24(23)31(25)36/h4-18H,1-3H3/b25-16-. The van der Waals surface area contributed by atoms with E-state index in [0.717, 1.165) is 28.2 Å². The highest BCUT2D eigenvalue weighted by atomic mass is 16.2. The van der Waals surface area contributed by atoms with E-state index in [-0.39, 0.29) is 22.6 Å². The van der Waals surface area contributed by atoms with Gasteiger partial charge in [-0.05, 0) is 60.0 Å². The molecule has 0 N–H and O–H groups in total. The van der Waals surface area contributed by atoms with E-state index in [0.29, 0.717) is 16.6 Å². The van der Waals surface area contributed by atoms with Crippen LogP contribution in [-0.4, -0.2) is 19.4 Å². The van der Waals surface area contributed by atoms with Crippen molar-refractivity contribution in [2.45, 2.75) is 26.2 Å². The van der Waals surface area contributed by atoms with Crippen molar-refractivity contribution in [2.75, 3.05) is 4.90 Å². The van der Waals surface area contributed by atoms with Gasteiger partial charge in [-0.25, -0.2) is 0 Å². The van der Waals surface area contributed by atoms with Gasteiger partial charge in [0.2, 0.25) is 0 Å². The number of Topliss-reactive ketones (excluding diaryl/α,β-unsaturated/α-hetero) is 2. The SMILES string of the molecule is [B]c1ccc2c(c1)C(=O)/C(=C\c1ccc3c(c1)C(C)(C)c1cc(C)ccc1N3c1ccccc1)C2=O. The van der Waals surface area contributed by atoms with Gasteiger partial charge in [0.15, 0.2) is 11.6 Å². The Morgan fingerprint density at radius 2 is 1.42 bits per heavy atom. The smallest absolute Gasteiger partial charge is 0.197 e. The highest BCUT2D eigenvalue weighted by Crippen LogP contribution is 2.52. The number of nitrogens with zero attached hydrogens (tertiary/aromatic N) is 1. The van der Waals surface area contributed by atoms with Gasteiger partial charge >= 0.3 is 0 Å². The molecule has 4 aromatic carbocycles. The van der Waals surface area contributed by atoms with Crippen LogP contribution in [0.5, 0.6) is 0 Å². The topological polar surface area (TPSA) is 37.4 Å². The minimum absolute atomic E-state index is 0.181. The third-order valence-electron chi connectivity index (χ3n) is 7.35. The molecular formula is C32H24BNO2. The van der Waals surface area contributed by atoms with Crippen LogP contribution in [0.25, 0.3) is 6.08 Å². The minimum Gasteiger partial charge on any atom is -0.310 e. The third-order valence-corrected chi connectivity index (χ3v) is 7.35. The van der Waals surface area contributed by atoms with Crippen molar-refractivity contribution in [3.8, 4) is 0 Å². The highest BCUT2D eigenvalue weighted by molar-refractivity contribution is 6.42. The molecule has 0 aromatic heterocycles. The molecule has 2 radical (unpaired) electrons. The van der Waals surface area contributed by atoms with E-state index in [2.05, 4.69) is 68.1 Å². The summed E-state index contributed by atoms with van der Waals surface area (Å²) in [6.07, 6.45) is 1.72. The number of benzene rings is 4. The summed E-state index contributed by atoms with van der Waals surface area (Å²) < 4.78 is 0. The molecule has 0 bridgehead atoms. The molecular weight excluding hydrogens is 441 g/mol. The number of aryl methyl sites for hydroxylation is 1. The van der Waals surface area contributed by atoms with E-state index >= 15 is 0 Å². The van der Waals surface area contributed by atoms with Crippen LogP contribution in [-0.2, 0) is 5.41 Å². The minimum atomic E-state index is -0.280. The van der Waals surface area contributed by atoms with E-state index in [1.807, 2.05) is 24.3 Å². The summed E-state index contributed by atoms with van der Waals surface area (Å²) in [5.74, 6) is -0.523. The van der Waals surface area contributed by atoms with Crippen LogP contribution in [0.4, 0.5) is 17.1 Å². The number of anilines is 3. The molecule has 0 amide bonds. The fourth-order valence-corrected chi connectivity index (χ4v) is 5.45. The van der Waals surface area contributed by atoms with Gasteiger partial charge < -0.3 is 4.90 Å². The van der Waals surface area contributed by atoms with Gasteiger partial charge in [0.25, 0.3) is 0 Å². The number of allylic oxidation sites excluding steroid dienone is 1. The predicted molar refractivity (Wildman–Crippen MR) is 146 cm³/mol. The van der Waals surface area contributed by atoms with Crippen LogP contribution in [0.15, 0.2) is 90.5 Å². The lowest BCUT2D eigenvalue weighted by Crippen LogP contribution is -2.30. The average Bonchev–Trinajstić information content (AvgIpc) is 3.09. The molecule has 1 heterocycles. The normalized spacial score (nSPS) is 16.6. The quantitative estimate of drug-likeness (QED) is 0.196. The Hall–Kier alpha value is -4.18. The predicted octanol–water partition coefficient (Wildman–Crippen LogP) is 6.36. The first kappa shape index (κ1) is 22.3. The molecule has 2 aliphatic rings. The van der Waals surface area contributed by atoms with Crippen molar-refractivity contribution < 1.29 is 9.59 Å². The van der Waals surface area contributed by atoms with Crippen molar-refractivity contribution in [3.05, 3.63) is 124 Å². The van der Waals surface area contributed by atoms with Gasteiger partial charge in [0, 0.05) is 22.2 Å². The lowest BCUT2D eigenvalue weighted by atomic mass is 9.72. The molecule has 0 unspecified atom stereocenters. The lowest BCUT2D eigenvalue weighted by molar-refractivity contribution is 0.0990. The number of fused-ring (bicyclic) bond motifs is 3. The fourth-order valence-electron chi connectivity index (χ4n) is 5.45. The molecule has 4 aromatic rings. The van der Waals surface area contributed by atoms with Crippen LogP contribution in [0.2, 0.25) is 0 Å². The van der Waals surface area contributed by atoms with Crippen LogP contribution < -0.4 is 10.4 Å². The van der Waals surface area contributed by atoms with Gasteiger partial charge in [-0.2, -0.15) is 0 Å². The van der Waals surface area contributed by atoms with E-state index in [1.165, 1.54) is 11.1 Å². The molecule has 0 saturated carbocycles. The zero-order chi connectivity index (χ0) is 25.2. The maximum absolute atomic E-state index is 13.1. The van der Waals surface area contributed by atoms with Crippen molar-refractivity contribution in [1.29, 1.82) is 0 Å². The summed E-state index contributed by atoms with van der Waals surface area (Å²) in [4.78, 5) is 28.4. The van der Waals surface area contributed by atoms with E-state index in [9.17, 15) is 9.59 Å². The Kier molecular flexibility index (Phi) is 4.91. The summed E-state index contributed by atoms with van der Waals surface area (Å²) in [6.45, 7) is 6.57. The Labute approximate surface area is 212 Å². The van der Waals surface area contributed by atoms with Gasteiger partial charge in [-0.15, -0.1) is 0 Å². The molecule has 6 rings (SSSR count). The molecule has 0 fully saturated rings. The monoisotopic (exact) mass is 465 g/mol. The first-order chi connectivity index (χ1) is 17.3. The number of carbonyl (C=O) groups excluding carboxylic acids is 2. The number of rotatable bonds is 2. The molecule has 1 aliphatic carbocycles. The molecule has 0 atom stereocenters. The lowest BCUT2D eigenvalue weighted by Gasteiger charge is -2.42. The zero-order valence-electron chi connectivity index (χ0n) is 20.5. The third kappa shape index (κ3) is 3.29. The molecule has 36 heavy (non-hydrogen) atoms. The van der Waals surface area contributed by atoms with Crippen molar-refractivity contribution in [3.63, 3.8) is 0 Å². The zero-order valence-corrected chi connectivity index (χ0v) is 20.5. The second-order valence-corrected chi connectivity index (χ2v) is 10.1. The van der Waals surface area contributed by atoms with E-state index < -0.39 is 0 Å². The first-order valence-electron chi connectivity index (χ1n) is 12.1. The Balaban J connectivity index is 1.52. The van der Waals surface area contributed by atoms with Crippen LogP contribution in [0, 0.1) is 6.92 Å². The highest BCUT2D eigenvalue weighted by Gasteiger charge is 2.37. The van der Waals surface area contributed by atoms with Gasteiger partial charge in [-0.1, -0.05) is 79.5 Å². The number of hydrogen-bond donors (Lipinski definition) is 0. The van der Waals surface area contributed by atoms with Gasteiger partial charge in [0.05, 0.1) is 16.9 Å². The van der Waals surface area contributed by atoms with Crippen molar-refractivity contribution in [2.24, 2.45) is 0 Å². The van der Waals surface area contributed by atoms with Crippen LogP contribution in [0.3, 0.4) is 0 Å². The first-order valence-corrected chi connectivity index (χ1v) is 12.1. The van der Waals surface area contributed by atoms with Crippen LogP contribution >= 0.6 is 0 Å². The van der Waals surface area contributed by atoms with E-state index in [1.54, 1.807) is 24.3 Å². The maximum Gasteiger partial charge on any atom is 0.197 e. The molecule has 1 aliphatic heterocycles. The summed E-state index contributed by atoms with van der Waals surface area (Å²) in [5, 5.41) is 0. The molecule has 0 saturated heterocycles. The Morgan fingerprint density at radius 3 is 2.17 bits per heavy atom. The largest absolute Gasteiger partial charge is 0.310 e. The number of para-hydroxylation sites is 1. The summed E-state index contributed by atoms with van der Waals surface area (Å²) in [5.41, 5.74) is 8.90. The molecule has 172 valence electrons. The van der Waals surface area contributed by atoms with Gasteiger partial charge in [0.1, 0.15) is 7.85 Å². The van der Waals surface area contributed by atoms with Crippen molar-refractivity contribution >= 4 is 48.0 Å². The van der Waals surface area contributed by atoms with E-state index in [4.69, 9.17) is 7.85 Å². The summed E-state index contributed by atoms with van der Waals surface area (Å²) in [7, 11) is 5.87. The van der Waals surface area contributed by atoms with Gasteiger partial charge in [-0.3, -0.25) is 9.59 Å². The average molecular weight is 465 g/mol. The Morgan fingerprint density at radius 1 is 0.750 bits per heavy atom. The summed E-state index contributed by atoms with van der Waals surface area (Å²) >= 11 is 0. The second-order valence-electron chi connectivity index (χ2n) is 10.1. The number of hydrogen-bond acceptors (Lipinski definition) is 3.